The second-order valence-electron chi connectivity index (χ2n) is 5.21. The van der Waals surface area contributed by atoms with Crippen LogP contribution in [0.2, 0.25) is 0 Å². The number of rotatable bonds is 5. The molecule has 1 fully saturated rings. The molecule has 0 aliphatic carbocycles. The van der Waals surface area contributed by atoms with Crippen LogP contribution in [0.3, 0.4) is 0 Å². The van der Waals surface area contributed by atoms with Gasteiger partial charge in [0.15, 0.2) is 0 Å². The number of amides is 1. The number of aromatic nitrogens is 1. The lowest BCUT2D eigenvalue weighted by molar-refractivity contribution is -0.113. The molecule has 0 aromatic carbocycles. The summed E-state index contributed by atoms with van der Waals surface area (Å²) < 4.78 is 24.7. The smallest absolute Gasteiger partial charge is 0.241 e. The average molecular weight is 327 g/mol. The highest BCUT2D eigenvalue weighted by molar-refractivity contribution is 7.90. The minimum absolute atomic E-state index is 0.481. The summed E-state index contributed by atoms with van der Waals surface area (Å²) in [6.45, 7) is 3.80. The Morgan fingerprint density at radius 3 is 2.50 bits per heavy atom. The third-order valence-corrected chi connectivity index (χ3v) is 4.76. The van der Waals surface area contributed by atoms with Crippen LogP contribution in [-0.2, 0) is 14.8 Å². The molecule has 1 aromatic heterocycles. The van der Waals surface area contributed by atoms with E-state index in [0.29, 0.717) is 5.69 Å². The molecule has 0 saturated carbocycles. The molecule has 1 saturated heterocycles. The summed E-state index contributed by atoms with van der Waals surface area (Å²) in [5, 5.41) is 2.52. The Hall–Kier alpha value is -1.71. The molecule has 22 heavy (non-hydrogen) atoms. The summed E-state index contributed by atoms with van der Waals surface area (Å²) in [4.78, 5) is 20.4. The van der Waals surface area contributed by atoms with Gasteiger partial charge in [0.1, 0.15) is 11.6 Å². The van der Waals surface area contributed by atoms with Crippen LogP contribution in [0.1, 0.15) is 0 Å². The maximum absolute atomic E-state index is 11.6. The van der Waals surface area contributed by atoms with Crippen LogP contribution in [-0.4, -0.2) is 70.2 Å². The third-order valence-electron chi connectivity index (χ3n) is 3.49. The van der Waals surface area contributed by atoms with Crippen LogP contribution in [0, 0.1) is 0 Å². The molecule has 8 nitrogen and oxygen atoms in total. The number of sulfonamides is 1. The molecule has 1 aromatic rings. The van der Waals surface area contributed by atoms with Crippen LogP contribution in [0.4, 0.5) is 11.5 Å². The van der Waals surface area contributed by atoms with Crippen molar-refractivity contribution in [1.29, 1.82) is 0 Å². The van der Waals surface area contributed by atoms with Gasteiger partial charge in [-0.05, 0) is 26.2 Å². The molecule has 0 atom stereocenters. The number of hydrogen-bond acceptors (Lipinski definition) is 6. The zero-order valence-corrected chi connectivity index (χ0v) is 13.6. The van der Waals surface area contributed by atoms with Crippen LogP contribution in [0.5, 0.6) is 0 Å². The summed E-state index contributed by atoms with van der Waals surface area (Å²) in [6, 6.07) is 3.55. The topological polar surface area (TPSA) is 94.6 Å². The van der Waals surface area contributed by atoms with E-state index < -0.39 is 21.7 Å². The molecule has 1 aliphatic heterocycles. The lowest BCUT2D eigenvalue weighted by Crippen LogP contribution is -2.44. The van der Waals surface area contributed by atoms with E-state index >= 15 is 0 Å². The van der Waals surface area contributed by atoms with Crippen molar-refractivity contribution < 1.29 is 13.2 Å². The fourth-order valence-corrected chi connectivity index (χ4v) is 2.69. The number of nitrogens with zero attached hydrogens (tertiary/aromatic N) is 3. The number of likely N-dealkylation sites (N-methyl/N-ethyl adjacent to an activating group) is 1. The van der Waals surface area contributed by atoms with Gasteiger partial charge in [0.2, 0.25) is 15.9 Å². The Kier molecular flexibility index (Phi) is 5.33. The summed E-state index contributed by atoms with van der Waals surface area (Å²) in [5.74, 6) is -0.346. The lowest BCUT2D eigenvalue weighted by atomic mass is 10.3. The van der Waals surface area contributed by atoms with Crippen molar-refractivity contribution >= 4 is 27.4 Å². The van der Waals surface area contributed by atoms with Crippen LogP contribution in [0.15, 0.2) is 18.3 Å². The van der Waals surface area contributed by atoms with Crippen molar-refractivity contribution in [3.8, 4) is 0 Å². The molecule has 0 bridgehead atoms. The van der Waals surface area contributed by atoms with Crippen LogP contribution >= 0.6 is 0 Å². The van der Waals surface area contributed by atoms with Gasteiger partial charge in [0.25, 0.3) is 0 Å². The molecular formula is C13H21N5O3S. The van der Waals surface area contributed by atoms with Crippen molar-refractivity contribution in [2.45, 2.75) is 0 Å². The van der Waals surface area contributed by atoms with E-state index in [9.17, 15) is 13.2 Å². The van der Waals surface area contributed by atoms with Crippen LogP contribution in [0.25, 0.3) is 0 Å². The first-order valence-corrected chi connectivity index (χ1v) is 8.65. The van der Waals surface area contributed by atoms with Crippen molar-refractivity contribution in [2.75, 3.05) is 56.2 Å². The van der Waals surface area contributed by atoms with E-state index in [0.717, 1.165) is 32.0 Å². The first kappa shape index (κ1) is 16.7. The van der Waals surface area contributed by atoms with Crippen molar-refractivity contribution in [3.05, 3.63) is 18.3 Å². The van der Waals surface area contributed by atoms with E-state index in [1.54, 1.807) is 6.07 Å². The van der Waals surface area contributed by atoms with Gasteiger partial charge in [-0.3, -0.25) is 4.79 Å². The largest absolute Gasteiger partial charge is 0.354 e. The van der Waals surface area contributed by atoms with Crippen molar-refractivity contribution in [3.63, 3.8) is 0 Å². The average Bonchev–Trinajstić information content (AvgIpc) is 2.48. The maximum atomic E-state index is 11.6. The third kappa shape index (κ3) is 4.65. The van der Waals surface area contributed by atoms with E-state index in [4.69, 9.17) is 0 Å². The van der Waals surface area contributed by atoms with Gasteiger partial charge in [0, 0.05) is 26.2 Å². The predicted octanol–water partition coefficient (Wildman–Crippen LogP) is -0.679. The Labute approximate surface area is 130 Å². The number of nitrogens with one attached hydrogen (secondary N) is 2. The fraction of sp³-hybridized carbons (Fsp3) is 0.538. The van der Waals surface area contributed by atoms with Gasteiger partial charge in [-0.2, -0.15) is 0 Å². The summed E-state index contributed by atoms with van der Waals surface area (Å²) in [6.07, 6.45) is 1.54. The highest BCUT2D eigenvalue weighted by Gasteiger charge is 2.16. The zero-order valence-electron chi connectivity index (χ0n) is 12.7. The molecule has 9 heteroatoms. The first-order chi connectivity index (χ1) is 10.4. The standard InChI is InChI=1S/C13H21N5O3S/c1-14-22(20,21)10-13(19)16-11-3-4-12(15-9-11)18-7-5-17(2)6-8-18/h3-4,9,14H,5-8,10H2,1-2H3,(H,16,19). The molecular weight excluding hydrogens is 306 g/mol. The first-order valence-electron chi connectivity index (χ1n) is 7.00. The molecule has 0 radical (unpaired) electrons. The monoisotopic (exact) mass is 327 g/mol. The number of carbonyl (C=O) groups is 1. The Morgan fingerprint density at radius 1 is 1.27 bits per heavy atom. The minimum atomic E-state index is -3.56. The number of carbonyl (C=O) groups excluding carboxylic acids is 1. The van der Waals surface area contributed by atoms with Gasteiger partial charge in [-0.1, -0.05) is 0 Å². The number of pyridine rings is 1. The number of piperazine rings is 1. The Balaban J connectivity index is 1.93. The highest BCUT2D eigenvalue weighted by atomic mass is 32.2. The van der Waals surface area contributed by atoms with Gasteiger partial charge in [0.05, 0.1) is 11.9 Å². The molecule has 2 N–H and O–H groups in total. The number of hydrogen-bond donors (Lipinski definition) is 2. The minimum Gasteiger partial charge on any atom is -0.354 e. The maximum Gasteiger partial charge on any atom is 0.241 e. The van der Waals surface area contributed by atoms with Crippen molar-refractivity contribution in [2.24, 2.45) is 0 Å². The summed E-state index contributed by atoms with van der Waals surface area (Å²) in [5.41, 5.74) is 0.481. The quantitative estimate of drug-likeness (QED) is 0.744. The molecule has 2 heterocycles. The lowest BCUT2D eigenvalue weighted by Gasteiger charge is -2.33. The molecule has 0 unspecified atom stereocenters. The van der Waals surface area contributed by atoms with E-state index in [2.05, 4.69) is 31.9 Å². The van der Waals surface area contributed by atoms with Gasteiger partial charge >= 0.3 is 0 Å². The van der Waals surface area contributed by atoms with E-state index in [-0.39, 0.29) is 0 Å². The SMILES string of the molecule is CNS(=O)(=O)CC(=O)Nc1ccc(N2CCN(C)CC2)nc1. The van der Waals surface area contributed by atoms with Gasteiger partial charge < -0.3 is 15.1 Å². The second-order valence-corrected chi connectivity index (χ2v) is 7.13. The summed E-state index contributed by atoms with van der Waals surface area (Å²) in [7, 11) is -0.206. The molecule has 1 aliphatic rings. The van der Waals surface area contributed by atoms with E-state index in [1.807, 2.05) is 6.07 Å². The molecule has 2 rings (SSSR count). The highest BCUT2D eigenvalue weighted by Crippen LogP contribution is 2.15. The summed E-state index contributed by atoms with van der Waals surface area (Å²) >= 11 is 0. The van der Waals surface area contributed by atoms with Gasteiger partial charge in [-0.25, -0.2) is 18.1 Å². The van der Waals surface area contributed by atoms with E-state index in [1.165, 1.54) is 13.2 Å². The zero-order chi connectivity index (χ0) is 16.2. The fourth-order valence-electron chi connectivity index (χ4n) is 2.12. The van der Waals surface area contributed by atoms with Crippen LogP contribution < -0.4 is 14.9 Å². The predicted molar refractivity (Wildman–Crippen MR) is 85.4 cm³/mol. The second kappa shape index (κ2) is 7.03. The number of anilines is 2. The molecule has 122 valence electrons. The Bertz CT molecular complexity index is 609. The normalized spacial score (nSPS) is 16.5. The molecule has 1 amide bonds. The Morgan fingerprint density at radius 2 is 1.95 bits per heavy atom. The van der Waals surface area contributed by atoms with Gasteiger partial charge in [-0.15, -0.1) is 0 Å². The van der Waals surface area contributed by atoms with Crippen molar-refractivity contribution in [1.82, 2.24) is 14.6 Å². The molecule has 0 spiro atoms.